The van der Waals surface area contributed by atoms with Crippen LogP contribution in [0.5, 0.6) is 0 Å². The van der Waals surface area contributed by atoms with E-state index in [1.807, 2.05) is 13.8 Å². The Morgan fingerprint density at radius 2 is 1.57 bits per heavy atom. The number of hydrogen-bond donors (Lipinski definition) is 1. The molecule has 1 N–H and O–H groups in total. The first kappa shape index (κ1) is 27.4. The van der Waals surface area contributed by atoms with Gasteiger partial charge in [-0.25, -0.2) is 9.67 Å². The number of ether oxygens (including phenoxy) is 3. The van der Waals surface area contributed by atoms with E-state index < -0.39 is 48.4 Å². The van der Waals surface area contributed by atoms with Crippen molar-refractivity contribution in [1.82, 2.24) is 29.8 Å². The molecule has 0 fully saturated rings. The van der Waals surface area contributed by atoms with Gasteiger partial charge in [0.25, 0.3) is 5.56 Å². The molecule has 3 aromatic rings. The third kappa shape index (κ3) is 6.14. The summed E-state index contributed by atoms with van der Waals surface area (Å²) < 4.78 is 18.5. The number of hydrogen-bond acceptors (Lipinski definition) is 12. The number of aliphatic hydroxyl groups excluding tert-OH is 1. The molecule has 198 valence electrons. The van der Waals surface area contributed by atoms with Crippen LogP contribution in [0.3, 0.4) is 0 Å². The monoisotopic (exact) mass is 516 g/mol. The Morgan fingerprint density at radius 1 is 0.973 bits per heavy atom. The van der Waals surface area contributed by atoms with Crippen molar-refractivity contribution in [3.63, 3.8) is 0 Å². The summed E-state index contributed by atoms with van der Waals surface area (Å²) in [4.78, 5) is 53.8. The molecule has 37 heavy (non-hydrogen) atoms. The number of rotatable bonds is 9. The number of esters is 3. The molecule has 0 spiro atoms. The summed E-state index contributed by atoms with van der Waals surface area (Å²) in [5, 5.41) is 21.1. The standard InChI is InChI=1S/C23H28N6O8/c1-11-7-16-17(8-12(11)2)29(23(34)20(24-16)22-25-26-27-28(22)6)9-18(35-13(3)31)21(37-15(5)33)19(10-30)36-14(4)32/h7-8,18-19,21,30H,9-10H2,1-6H3/t18-,19+,21-/m0/s1. The van der Waals surface area contributed by atoms with Gasteiger partial charge in [0.2, 0.25) is 5.82 Å². The fourth-order valence-corrected chi connectivity index (χ4v) is 3.86. The van der Waals surface area contributed by atoms with Crippen LogP contribution in [0, 0.1) is 13.8 Å². The third-order valence-electron chi connectivity index (χ3n) is 5.61. The van der Waals surface area contributed by atoms with Gasteiger partial charge in [-0.1, -0.05) is 0 Å². The number of benzene rings is 1. The van der Waals surface area contributed by atoms with Crippen LogP contribution in [0.1, 0.15) is 31.9 Å². The van der Waals surface area contributed by atoms with E-state index in [9.17, 15) is 24.3 Å². The lowest BCUT2D eigenvalue weighted by Gasteiger charge is -2.31. The van der Waals surface area contributed by atoms with Gasteiger partial charge in [0.05, 0.1) is 24.2 Å². The zero-order valence-electron chi connectivity index (χ0n) is 21.3. The Balaban J connectivity index is 2.26. The Bertz CT molecular complexity index is 1400. The molecule has 0 unspecified atom stereocenters. The summed E-state index contributed by atoms with van der Waals surface area (Å²) in [5.74, 6) is -2.19. The van der Waals surface area contributed by atoms with E-state index in [1.165, 1.54) is 9.25 Å². The first-order chi connectivity index (χ1) is 17.4. The van der Waals surface area contributed by atoms with Gasteiger partial charge in [-0.15, -0.1) is 5.10 Å². The fourth-order valence-electron chi connectivity index (χ4n) is 3.86. The summed E-state index contributed by atoms with van der Waals surface area (Å²) in [7, 11) is 1.55. The minimum absolute atomic E-state index is 0.0624. The number of aliphatic hydroxyl groups is 1. The van der Waals surface area contributed by atoms with Gasteiger partial charge in [0.1, 0.15) is 0 Å². The molecule has 14 nitrogen and oxygen atoms in total. The average Bonchev–Trinajstić information content (AvgIpc) is 3.23. The van der Waals surface area contributed by atoms with Gasteiger partial charge in [-0.3, -0.25) is 19.2 Å². The van der Waals surface area contributed by atoms with E-state index in [-0.39, 0.29) is 18.1 Å². The zero-order chi connectivity index (χ0) is 27.4. The van der Waals surface area contributed by atoms with Gasteiger partial charge < -0.3 is 23.9 Å². The molecule has 3 atom stereocenters. The maximum absolute atomic E-state index is 13.7. The maximum atomic E-state index is 13.7. The highest BCUT2D eigenvalue weighted by Crippen LogP contribution is 2.22. The van der Waals surface area contributed by atoms with Crippen molar-refractivity contribution in [3.8, 4) is 11.5 Å². The summed E-state index contributed by atoms with van der Waals surface area (Å²) >= 11 is 0. The number of tetrazole rings is 1. The largest absolute Gasteiger partial charge is 0.457 e. The van der Waals surface area contributed by atoms with E-state index in [0.717, 1.165) is 31.9 Å². The normalized spacial score (nSPS) is 13.6. The highest BCUT2D eigenvalue weighted by Gasteiger charge is 2.38. The number of carbonyl (C=O) groups is 3. The summed E-state index contributed by atoms with van der Waals surface area (Å²) in [6.07, 6.45) is -4.15. The minimum atomic E-state index is -1.43. The van der Waals surface area contributed by atoms with Gasteiger partial charge >= 0.3 is 17.9 Å². The van der Waals surface area contributed by atoms with E-state index >= 15 is 0 Å². The van der Waals surface area contributed by atoms with Crippen molar-refractivity contribution >= 4 is 28.9 Å². The molecule has 0 aliphatic heterocycles. The second-order valence-corrected chi connectivity index (χ2v) is 8.48. The van der Waals surface area contributed by atoms with Crippen molar-refractivity contribution in [1.29, 1.82) is 0 Å². The number of fused-ring (bicyclic) bond motifs is 1. The first-order valence-electron chi connectivity index (χ1n) is 11.3. The molecule has 0 bridgehead atoms. The van der Waals surface area contributed by atoms with Crippen LogP contribution in [-0.2, 0) is 42.2 Å². The van der Waals surface area contributed by atoms with E-state index in [2.05, 4.69) is 20.5 Å². The number of carbonyl (C=O) groups excluding carboxylic acids is 3. The quantitative estimate of drug-likeness (QED) is 0.298. The lowest BCUT2D eigenvalue weighted by molar-refractivity contribution is -0.187. The summed E-state index contributed by atoms with van der Waals surface area (Å²) in [6.45, 7) is 6.02. The molecule has 14 heteroatoms. The van der Waals surface area contributed by atoms with E-state index in [0.29, 0.717) is 11.0 Å². The second kappa shape index (κ2) is 11.2. The smallest absolute Gasteiger partial charge is 0.303 e. The second-order valence-electron chi connectivity index (χ2n) is 8.48. The zero-order valence-corrected chi connectivity index (χ0v) is 21.3. The Hall–Kier alpha value is -4.20. The average molecular weight is 517 g/mol. The van der Waals surface area contributed by atoms with Gasteiger partial charge in [-0.05, 0) is 47.5 Å². The molecule has 0 aliphatic carbocycles. The van der Waals surface area contributed by atoms with Crippen LogP contribution < -0.4 is 5.56 Å². The Morgan fingerprint density at radius 3 is 2.11 bits per heavy atom. The minimum Gasteiger partial charge on any atom is -0.457 e. The van der Waals surface area contributed by atoms with Crippen molar-refractivity contribution < 1.29 is 33.7 Å². The molecule has 2 aromatic heterocycles. The molecular weight excluding hydrogens is 488 g/mol. The van der Waals surface area contributed by atoms with Gasteiger partial charge in [-0.2, -0.15) is 0 Å². The lowest BCUT2D eigenvalue weighted by Crippen LogP contribution is -2.49. The maximum Gasteiger partial charge on any atom is 0.303 e. The van der Waals surface area contributed by atoms with Gasteiger partial charge in [0.15, 0.2) is 24.0 Å². The summed E-state index contributed by atoms with van der Waals surface area (Å²) in [6, 6.07) is 3.53. The first-order valence-corrected chi connectivity index (χ1v) is 11.3. The fraction of sp³-hybridized carbons (Fsp3) is 0.478. The molecule has 0 saturated carbocycles. The lowest BCUT2D eigenvalue weighted by atomic mass is 10.1. The molecular formula is C23H28N6O8. The molecule has 1 aromatic carbocycles. The van der Waals surface area contributed by atoms with Crippen LogP contribution in [-0.4, -0.2) is 77.7 Å². The van der Waals surface area contributed by atoms with Crippen molar-refractivity contribution in [2.75, 3.05) is 6.61 Å². The molecule has 3 rings (SSSR count). The molecule has 0 radical (unpaired) electrons. The molecule has 0 amide bonds. The van der Waals surface area contributed by atoms with Crippen LogP contribution >= 0.6 is 0 Å². The Labute approximate surface area is 211 Å². The van der Waals surface area contributed by atoms with Crippen molar-refractivity contribution in [2.45, 2.75) is 59.5 Å². The highest BCUT2D eigenvalue weighted by molar-refractivity contribution is 5.79. The van der Waals surface area contributed by atoms with Crippen molar-refractivity contribution in [2.24, 2.45) is 7.05 Å². The Kier molecular flexibility index (Phi) is 8.32. The SMILES string of the molecule is CC(=O)O[C@@H]([C@H](Cn1c(=O)c(-c2nnnn2C)nc2cc(C)c(C)cc21)OC(C)=O)[C@@H](CO)OC(C)=O. The predicted molar refractivity (Wildman–Crippen MR) is 127 cm³/mol. The van der Waals surface area contributed by atoms with Gasteiger partial charge in [0, 0.05) is 27.8 Å². The van der Waals surface area contributed by atoms with Crippen LogP contribution in [0.25, 0.3) is 22.6 Å². The molecule has 0 aliphatic rings. The van der Waals surface area contributed by atoms with Crippen LogP contribution in [0.2, 0.25) is 0 Å². The number of aromatic nitrogens is 6. The van der Waals surface area contributed by atoms with Crippen LogP contribution in [0.15, 0.2) is 16.9 Å². The third-order valence-corrected chi connectivity index (χ3v) is 5.61. The number of nitrogens with zero attached hydrogens (tertiary/aromatic N) is 6. The van der Waals surface area contributed by atoms with E-state index in [1.54, 1.807) is 19.2 Å². The summed E-state index contributed by atoms with van der Waals surface area (Å²) in [5.41, 5.74) is 1.94. The number of aryl methyl sites for hydroxylation is 3. The topological polar surface area (TPSA) is 178 Å². The predicted octanol–water partition coefficient (Wildman–Crippen LogP) is -0.00876. The highest BCUT2D eigenvalue weighted by atomic mass is 16.6. The van der Waals surface area contributed by atoms with Crippen molar-refractivity contribution in [3.05, 3.63) is 33.6 Å². The van der Waals surface area contributed by atoms with E-state index in [4.69, 9.17) is 14.2 Å². The molecule has 2 heterocycles. The molecule has 0 saturated heterocycles. The van der Waals surface area contributed by atoms with Crippen LogP contribution in [0.4, 0.5) is 0 Å².